The summed E-state index contributed by atoms with van der Waals surface area (Å²) in [7, 11) is 1.68. The van der Waals surface area contributed by atoms with Crippen LogP contribution in [-0.4, -0.2) is 31.0 Å². The standard InChI is InChI=1S/C23H23NO2/c1-26-22-10-8-19(9-11-22)21-12-13-24(16-21)23(25)15-17-6-7-18-4-2-3-5-20(18)14-17/h2-11,14,21H,12-13,15-16H2,1H3. The summed E-state index contributed by atoms with van der Waals surface area (Å²) in [4.78, 5) is 14.7. The summed E-state index contributed by atoms with van der Waals surface area (Å²) in [6.07, 6.45) is 1.50. The number of carbonyl (C=O) groups is 1. The fourth-order valence-corrected chi connectivity index (χ4v) is 3.77. The Kier molecular flexibility index (Phi) is 4.61. The summed E-state index contributed by atoms with van der Waals surface area (Å²) in [5, 5.41) is 2.40. The summed E-state index contributed by atoms with van der Waals surface area (Å²) >= 11 is 0. The van der Waals surface area contributed by atoms with E-state index in [1.54, 1.807) is 7.11 Å². The number of ether oxygens (including phenoxy) is 1. The van der Waals surface area contributed by atoms with Gasteiger partial charge in [0.1, 0.15) is 5.75 Å². The third kappa shape index (κ3) is 3.43. The third-order valence-corrected chi connectivity index (χ3v) is 5.30. The van der Waals surface area contributed by atoms with Crippen LogP contribution in [0.15, 0.2) is 66.7 Å². The van der Waals surface area contributed by atoms with E-state index in [9.17, 15) is 4.79 Å². The van der Waals surface area contributed by atoms with Crippen molar-refractivity contribution in [2.24, 2.45) is 0 Å². The number of likely N-dealkylation sites (tertiary alicyclic amines) is 1. The molecule has 0 saturated carbocycles. The molecule has 1 saturated heterocycles. The lowest BCUT2D eigenvalue weighted by Crippen LogP contribution is -2.29. The molecule has 132 valence electrons. The quantitative estimate of drug-likeness (QED) is 0.701. The van der Waals surface area contributed by atoms with E-state index in [1.807, 2.05) is 29.2 Å². The molecule has 1 fully saturated rings. The number of fused-ring (bicyclic) bond motifs is 1. The van der Waals surface area contributed by atoms with E-state index in [4.69, 9.17) is 4.74 Å². The van der Waals surface area contributed by atoms with E-state index < -0.39 is 0 Å². The number of hydrogen-bond donors (Lipinski definition) is 0. The van der Waals surface area contributed by atoms with Crippen LogP contribution < -0.4 is 4.74 Å². The van der Waals surface area contributed by atoms with Gasteiger partial charge in [-0.15, -0.1) is 0 Å². The van der Waals surface area contributed by atoms with Crippen LogP contribution in [0.3, 0.4) is 0 Å². The molecule has 1 amide bonds. The maximum atomic E-state index is 12.7. The van der Waals surface area contributed by atoms with Crippen LogP contribution >= 0.6 is 0 Å². The smallest absolute Gasteiger partial charge is 0.227 e. The zero-order valence-electron chi connectivity index (χ0n) is 15.0. The number of carbonyl (C=O) groups excluding carboxylic acids is 1. The SMILES string of the molecule is COc1ccc(C2CCN(C(=O)Cc3ccc4ccccc4c3)C2)cc1. The molecule has 1 atom stereocenters. The second-order valence-corrected chi connectivity index (χ2v) is 6.96. The molecular formula is C23H23NO2. The molecule has 3 heteroatoms. The van der Waals surface area contributed by atoms with Crippen molar-refractivity contribution < 1.29 is 9.53 Å². The minimum atomic E-state index is 0.219. The van der Waals surface area contributed by atoms with Gasteiger partial charge in [-0.2, -0.15) is 0 Å². The Morgan fingerprint density at radius 1 is 1.04 bits per heavy atom. The Labute approximate surface area is 154 Å². The lowest BCUT2D eigenvalue weighted by Gasteiger charge is -2.17. The topological polar surface area (TPSA) is 29.5 Å². The molecule has 3 nitrogen and oxygen atoms in total. The first-order valence-corrected chi connectivity index (χ1v) is 9.12. The molecule has 0 radical (unpaired) electrons. The largest absolute Gasteiger partial charge is 0.497 e. The van der Waals surface area contributed by atoms with Crippen LogP contribution in [0.4, 0.5) is 0 Å². The van der Waals surface area contributed by atoms with Gasteiger partial charge in [0.25, 0.3) is 0 Å². The summed E-state index contributed by atoms with van der Waals surface area (Å²) in [5.74, 6) is 1.51. The van der Waals surface area contributed by atoms with Crippen molar-refractivity contribution in [3.05, 3.63) is 77.9 Å². The van der Waals surface area contributed by atoms with Crippen molar-refractivity contribution in [3.63, 3.8) is 0 Å². The van der Waals surface area contributed by atoms with Gasteiger partial charge in [0.15, 0.2) is 0 Å². The average molecular weight is 345 g/mol. The Balaban J connectivity index is 1.41. The van der Waals surface area contributed by atoms with Gasteiger partial charge in [-0.05, 0) is 40.5 Å². The van der Waals surface area contributed by atoms with E-state index in [-0.39, 0.29) is 5.91 Å². The number of rotatable bonds is 4. The lowest BCUT2D eigenvalue weighted by atomic mass is 9.98. The molecule has 0 aromatic heterocycles. The average Bonchev–Trinajstić information content (AvgIpc) is 3.18. The van der Waals surface area contributed by atoms with E-state index >= 15 is 0 Å². The number of amides is 1. The molecule has 1 unspecified atom stereocenters. The predicted molar refractivity (Wildman–Crippen MR) is 105 cm³/mol. The van der Waals surface area contributed by atoms with Gasteiger partial charge in [0, 0.05) is 19.0 Å². The highest BCUT2D eigenvalue weighted by atomic mass is 16.5. The Hall–Kier alpha value is -2.81. The van der Waals surface area contributed by atoms with E-state index in [1.165, 1.54) is 16.3 Å². The first kappa shape index (κ1) is 16.6. The fraction of sp³-hybridized carbons (Fsp3) is 0.261. The monoisotopic (exact) mass is 345 g/mol. The van der Waals surface area contributed by atoms with Gasteiger partial charge in [-0.3, -0.25) is 4.79 Å². The van der Waals surface area contributed by atoms with Crippen LogP contribution in [0.25, 0.3) is 10.8 Å². The van der Waals surface area contributed by atoms with Crippen molar-refractivity contribution >= 4 is 16.7 Å². The number of benzene rings is 3. The molecular weight excluding hydrogens is 322 g/mol. The summed E-state index contributed by atoms with van der Waals surface area (Å²) < 4.78 is 5.22. The second kappa shape index (κ2) is 7.20. The van der Waals surface area contributed by atoms with Crippen LogP contribution in [-0.2, 0) is 11.2 Å². The third-order valence-electron chi connectivity index (χ3n) is 5.30. The highest BCUT2D eigenvalue weighted by Gasteiger charge is 2.27. The van der Waals surface area contributed by atoms with Crippen LogP contribution in [0.1, 0.15) is 23.5 Å². The summed E-state index contributed by atoms with van der Waals surface area (Å²) in [6, 6.07) is 22.8. The first-order valence-electron chi connectivity index (χ1n) is 9.12. The highest BCUT2D eigenvalue weighted by Crippen LogP contribution is 2.29. The van der Waals surface area contributed by atoms with Gasteiger partial charge < -0.3 is 9.64 Å². The maximum Gasteiger partial charge on any atom is 0.227 e. The van der Waals surface area contributed by atoms with Gasteiger partial charge >= 0.3 is 0 Å². The zero-order chi connectivity index (χ0) is 17.9. The molecule has 0 aliphatic carbocycles. The van der Waals surface area contributed by atoms with Gasteiger partial charge in [0.05, 0.1) is 13.5 Å². The van der Waals surface area contributed by atoms with E-state index in [0.29, 0.717) is 12.3 Å². The Morgan fingerprint density at radius 3 is 2.58 bits per heavy atom. The summed E-state index contributed by atoms with van der Waals surface area (Å²) in [6.45, 7) is 1.64. The van der Waals surface area contributed by atoms with E-state index in [2.05, 4.69) is 42.5 Å². The molecule has 0 bridgehead atoms. The number of nitrogens with zero attached hydrogens (tertiary/aromatic N) is 1. The van der Waals surface area contributed by atoms with Crippen molar-refractivity contribution in [1.82, 2.24) is 4.90 Å². The van der Waals surface area contributed by atoms with Crippen molar-refractivity contribution in [1.29, 1.82) is 0 Å². The summed E-state index contributed by atoms with van der Waals surface area (Å²) in [5.41, 5.74) is 2.37. The molecule has 3 aromatic rings. The molecule has 26 heavy (non-hydrogen) atoms. The van der Waals surface area contributed by atoms with Crippen LogP contribution in [0.2, 0.25) is 0 Å². The van der Waals surface area contributed by atoms with Gasteiger partial charge in [0.2, 0.25) is 5.91 Å². The van der Waals surface area contributed by atoms with Crippen molar-refractivity contribution in [2.45, 2.75) is 18.8 Å². The maximum absolute atomic E-state index is 12.7. The molecule has 1 aliphatic rings. The normalized spacial score (nSPS) is 16.8. The van der Waals surface area contributed by atoms with E-state index in [0.717, 1.165) is 30.8 Å². The lowest BCUT2D eigenvalue weighted by molar-refractivity contribution is -0.129. The first-order chi connectivity index (χ1) is 12.7. The Bertz CT molecular complexity index is 917. The minimum absolute atomic E-state index is 0.219. The molecule has 3 aromatic carbocycles. The Morgan fingerprint density at radius 2 is 1.81 bits per heavy atom. The molecule has 0 spiro atoms. The van der Waals surface area contributed by atoms with Gasteiger partial charge in [-0.25, -0.2) is 0 Å². The fourth-order valence-electron chi connectivity index (χ4n) is 3.77. The number of methoxy groups -OCH3 is 1. The van der Waals surface area contributed by atoms with Gasteiger partial charge in [-0.1, -0.05) is 54.6 Å². The van der Waals surface area contributed by atoms with Crippen LogP contribution in [0.5, 0.6) is 5.75 Å². The highest BCUT2D eigenvalue weighted by molar-refractivity contribution is 5.85. The number of hydrogen-bond acceptors (Lipinski definition) is 2. The second-order valence-electron chi connectivity index (χ2n) is 6.96. The van der Waals surface area contributed by atoms with Crippen molar-refractivity contribution in [3.8, 4) is 5.75 Å². The van der Waals surface area contributed by atoms with Crippen molar-refractivity contribution in [2.75, 3.05) is 20.2 Å². The predicted octanol–water partition coefficient (Wildman–Crippen LogP) is 4.41. The molecule has 1 heterocycles. The molecule has 4 rings (SSSR count). The minimum Gasteiger partial charge on any atom is -0.497 e. The molecule has 1 aliphatic heterocycles. The molecule has 0 N–H and O–H groups in total. The van der Waals surface area contributed by atoms with Crippen LogP contribution in [0, 0.1) is 0 Å². The zero-order valence-corrected chi connectivity index (χ0v) is 15.0.